The topological polar surface area (TPSA) is 78.9 Å². The molecule has 3 aromatic rings. The molecule has 1 aliphatic rings. The number of anilines is 3. The molecular weight excluding hydrogens is 350 g/mol. The van der Waals surface area contributed by atoms with Crippen LogP contribution in [0.2, 0.25) is 0 Å². The number of benzene rings is 1. The molecule has 2 N–H and O–H groups in total. The lowest BCUT2D eigenvalue weighted by molar-refractivity contribution is 0.221. The SMILES string of the molecule is Cc1cccc(Nc2ncnc3cnc(N[C@H]4CC[C@H](N(C)C)CC4)nc23)c1. The van der Waals surface area contributed by atoms with Crippen molar-refractivity contribution in [1.29, 1.82) is 0 Å². The van der Waals surface area contributed by atoms with Gasteiger partial charge in [-0.3, -0.25) is 0 Å². The molecule has 1 aromatic carbocycles. The molecule has 2 aromatic heterocycles. The van der Waals surface area contributed by atoms with Gasteiger partial charge in [0.05, 0.1) is 6.20 Å². The molecule has 0 spiro atoms. The summed E-state index contributed by atoms with van der Waals surface area (Å²) in [7, 11) is 4.32. The summed E-state index contributed by atoms with van der Waals surface area (Å²) in [5.74, 6) is 1.33. The Morgan fingerprint density at radius 2 is 1.86 bits per heavy atom. The van der Waals surface area contributed by atoms with Gasteiger partial charge in [-0.15, -0.1) is 0 Å². The van der Waals surface area contributed by atoms with E-state index in [-0.39, 0.29) is 0 Å². The molecule has 1 aliphatic carbocycles. The van der Waals surface area contributed by atoms with Crippen molar-refractivity contribution in [3.8, 4) is 0 Å². The third-order valence-electron chi connectivity index (χ3n) is 5.42. The van der Waals surface area contributed by atoms with Gasteiger partial charge in [-0.1, -0.05) is 12.1 Å². The first-order valence-corrected chi connectivity index (χ1v) is 9.83. The first kappa shape index (κ1) is 18.6. The Kier molecular flexibility index (Phi) is 5.34. The van der Waals surface area contributed by atoms with Gasteiger partial charge in [0, 0.05) is 17.8 Å². The molecule has 1 fully saturated rings. The highest BCUT2D eigenvalue weighted by Gasteiger charge is 2.23. The van der Waals surface area contributed by atoms with E-state index in [4.69, 9.17) is 4.98 Å². The lowest BCUT2D eigenvalue weighted by Crippen LogP contribution is -2.36. The van der Waals surface area contributed by atoms with Crippen molar-refractivity contribution in [2.45, 2.75) is 44.7 Å². The number of hydrogen-bond acceptors (Lipinski definition) is 7. The molecule has 0 atom stereocenters. The number of nitrogens with zero attached hydrogens (tertiary/aromatic N) is 5. The Hall–Kier alpha value is -2.80. The number of aromatic nitrogens is 4. The van der Waals surface area contributed by atoms with E-state index in [0.29, 0.717) is 23.8 Å². The third kappa shape index (κ3) is 4.20. The second kappa shape index (κ2) is 8.06. The average molecular weight is 377 g/mol. The summed E-state index contributed by atoms with van der Waals surface area (Å²) in [4.78, 5) is 20.2. The van der Waals surface area contributed by atoms with E-state index >= 15 is 0 Å². The Labute approximate surface area is 165 Å². The number of aryl methyl sites for hydroxylation is 1. The fraction of sp³-hybridized carbons (Fsp3) is 0.429. The Bertz CT molecular complexity index is 948. The molecule has 0 aliphatic heterocycles. The molecule has 0 amide bonds. The maximum absolute atomic E-state index is 4.72. The van der Waals surface area contributed by atoms with Gasteiger partial charge in [-0.05, 0) is 64.4 Å². The highest BCUT2D eigenvalue weighted by molar-refractivity contribution is 5.87. The number of fused-ring (bicyclic) bond motifs is 1. The van der Waals surface area contributed by atoms with Gasteiger partial charge in [0.15, 0.2) is 5.82 Å². The molecule has 2 heterocycles. The monoisotopic (exact) mass is 377 g/mol. The molecule has 0 radical (unpaired) electrons. The minimum atomic E-state index is 0.409. The fourth-order valence-corrected chi connectivity index (χ4v) is 3.79. The van der Waals surface area contributed by atoms with Crippen molar-refractivity contribution >= 4 is 28.5 Å². The van der Waals surface area contributed by atoms with Crippen LogP contribution in [0, 0.1) is 6.92 Å². The van der Waals surface area contributed by atoms with Crippen LogP contribution in [0.4, 0.5) is 17.5 Å². The van der Waals surface area contributed by atoms with Crippen LogP contribution in [0.15, 0.2) is 36.8 Å². The predicted octanol–water partition coefficient (Wildman–Crippen LogP) is 3.76. The summed E-state index contributed by atoms with van der Waals surface area (Å²) < 4.78 is 0. The fourth-order valence-electron chi connectivity index (χ4n) is 3.79. The van der Waals surface area contributed by atoms with E-state index in [9.17, 15) is 0 Å². The van der Waals surface area contributed by atoms with Gasteiger partial charge >= 0.3 is 0 Å². The van der Waals surface area contributed by atoms with E-state index in [1.54, 1.807) is 12.5 Å². The summed E-state index contributed by atoms with van der Waals surface area (Å²) >= 11 is 0. The van der Waals surface area contributed by atoms with Crippen molar-refractivity contribution < 1.29 is 0 Å². The third-order valence-corrected chi connectivity index (χ3v) is 5.42. The zero-order valence-electron chi connectivity index (χ0n) is 16.7. The van der Waals surface area contributed by atoms with Gasteiger partial charge in [0.2, 0.25) is 5.95 Å². The first-order chi connectivity index (χ1) is 13.6. The standard InChI is InChI=1S/C21H27N7/c1-14-5-4-6-16(11-14)25-20-19-18(23-13-24-20)12-22-21(27-19)26-15-7-9-17(10-8-15)28(2)3/h4-6,11-13,15,17H,7-10H2,1-3H3,(H,22,26,27)(H,23,24,25)/t15-,17-. The second-order valence-corrected chi connectivity index (χ2v) is 7.76. The zero-order valence-corrected chi connectivity index (χ0v) is 16.7. The van der Waals surface area contributed by atoms with Crippen LogP contribution in [0.1, 0.15) is 31.2 Å². The lowest BCUT2D eigenvalue weighted by atomic mass is 9.91. The molecular formula is C21H27N7. The Morgan fingerprint density at radius 1 is 1.04 bits per heavy atom. The second-order valence-electron chi connectivity index (χ2n) is 7.76. The van der Waals surface area contributed by atoms with E-state index in [0.717, 1.165) is 29.6 Å². The molecule has 1 saturated carbocycles. The minimum absolute atomic E-state index is 0.409. The molecule has 4 rings (SSSR count). The smallest absolute Gasteiger partial charge is 0.223 e. The van der Waals surface area contributed by atoms with Crippen molar-refractivity contribution in [3.63, 3.8) is 0 Å². The summed E-state index contributed by atoms with van der Waals surface area (Å²) in [5, 5.41) is 6.87. The highest BCUT2D eigenvalue weighted by atomic mass is 15.1. The summed E-state index contributed by atoms with van der Waals surface area (Å²) in [6.45, 7) is 2.07. The van der Waals surface area contributed by atoms with Gasteiger partial charge in [0.25, 0.3) is 0 Å². The van der Waals surface area contributed by atoms with Gasteiger partial charge in [-0.25, -0.2) is 19.9 Å². The van der Waals surface area contributed by atoms with Crippen LogP contribution in [0.5, 0.6) is 0 Å². The van der Waals surface area contributed by atoms with Crippen LogP contribution in [0.3, 0.4) is 0 Å². The summed E-state index contributed by atoms with van der Waals surface area (Å²) in [6, 6.07) is 9.27. The van der Waals surface area contributed by atoms with Crippen LogP contribution in [0.25, 0.3) is 11.0 Å². The normalized spacial score (nSPS) is 19.7. The molecule has 28 heavy (non-hydrogen) atoms. The van der Waals surface area contributed by atoms with E-state index in [2.05, 4.69) is 63.6 Å². The van der Waals surface area contributed by atoms with Crippen molar-refractivity contribution in [1.82, 2.24) is 24.8 Å². The van der Waals surface area contributed by atoms with Crippen molar-refractivity contribution in [3.05, 3.63) is 42.4 Å². The Balaban J connectivity index is 1.53. The number of nitrogens with one attached hydrogen (secondary N) is 2. The first-order valence-electron chi connectivity index (χ1n) is 9.83. The predicted molar refractivity (Wildman–Crippen MR) is 113 cm³/mol. The quantitative estimate of drug-likeness (QED) is 0.701. The van der Waals surface area contributed by atoms with E-state index in [1.165, 1.54) is 18.4 Å². The molecule has 0 saturated heterocycles. The maximum Gasteiger partial charge on any atom is 0.223 e. The summed E-state index contributed by atoms with van der Waals surface area (Å²) in [6.07, 6.45) is 7.95. The molecule has 0 unspecified atom stereocenters. The summed E-state index contributed by atoms with van der Waals surface area (Å²) in [5.41, 5.74) is 3.62. The number of rotatable bonds is 5. The van der Waals surface area contributed by atoms with Crippen LogP contribution in [-0.2, 0) is 0 Å². The largest absolute Gasteiger partial charge is 0.351 e. The maximum atomic E-state index is 4.72. The Morgan fingerprint density at radius 3 is 2.61 bits per heavy atom. The average Bonchev–Trinajstić information content (AvgIpc) is 2.69. The van der Waals surface area contributed by atoms with Gasteiger partial charge in [0.1, 0.15) is 17.4 Å². The minimum Gasteiger partial charge on any atom is -0.351 e. The number of hydrogen-bond donors (Lipinski definition) is 2. The van der Waals surface area contributed by atoms with Crippen LogP contribution >= 0.6 is 0 Å². The highest BCUT2D eigenvalue weighted by Crippen LogP contribution is 2.25. The van der Waals surface area contributed by atoms with E-state index < -0.39 is 0 Å². The van der Waals surface area contributed by atoms with Gasteiger partial charge in [-0.2, -0.15) is 0 Å². The lowest BCUT2D eigenvalue weighted by Gasteiger charge is -2.32. The molecule has 146 valence electrons. The molecule has 7 nitrogen and oxygen atoms in total. The van der Waals surface area contributed by atoms with Crippen molar-refractivity contribution in [2.75, 3.05) is 24.7 Å². The van der Waals surface area contributed by atoms with Gasteiger partial charge < -0.3 is 15.5 Å². The van der Waals surface area contributed by atoms with Crippen LogP contribution < -0.4 is 10.6 Å². The van der Waals surface area contributed by atoms with Crippen LogP contribution in [-0.4, -0.2) is 51.0 Å². The molecule has 7 heteroatoms. The van der Waals surface area contributed by atoms with E-state index in [1.807, 2.05) is 12.1 Å². The van der Waals surface area contributed by atoms with Crippen molar-refractivity contribution in [2.24, 2.45) is 0 Å². The zero-order chi connectivity index (χ0) is 19.5. The molecule has 0 bridgehead atoms.